The van der Waals surface area contributed by atoms with Crippen molar-refractivity contribution in [3.63, 3.8) is 0 Å². The van der Waals surface area contributed by atoms with Gasteiger partial charge in [0.15, 0.2) is 5.16 Å². The SMILES string of the molecule is C=C(C)CSc1nnc2n(-c3ccccc3C)c(=O)c3ccccc3n12. The van der Waals surface area contributed by atoms with Crippen LogP contribution in [0.25, 0.3) is 22.4 Å². The number of nitrogens with zero attached hydrogens (tertiary/aromatic N) is 4. The molecule has 0 radical (unpaired) electrons. The van der Waals surface area contributed by atoms with Gasteiger partial charge in [0.25, 0.3) is 5.56 Å². The maximum atomic E-state index is 13.2. The Labute approximate surface area is 155 Å². The van der Waals surface area contributed by atoms with Crippen LogP contribution in [0.2, 0.25) is 0 Å². The van der Waals surface area contributed by atoms with Crippen molar-refractivity contribution in [2.24, 2.45) is 0 Å². The average molecular weight is 362 g/mol. The molecule has 2 heterocycles. The Bertz CT molecular complexity index is 1210. The molecule has 4 rings (SSSR count). The summed E-state index contributed by atoms with van der Waals surface area (Å²) in [4.78, 5) is 13.2. The number of hydrogen-bond donors (Lipinski definition) is 0. The van der Waals surface area contributed by atoms with Crippen molar-refractivity contribution in [1.82, 2.24) is 19.2 Å². The van der Waals surface area contributed by atoms with E-state index in [4.69, 9.17) is 0 Å². The van der Waals surface area contributed by atoms with E-state index < -0.39 is 0 Å². The molecule has 26 heavy (non-hydrogen) atoms. The minimum absolute atomic E-state index is 0.0914. The second-order valence-electron chi connectivity index (χ2n) is 6.31. The topological polar surface area (TPSA) is 52.2 Å². The van der Waals surface area contributed by atoms with Gasteiger partial charge in [-0.05, 0) is 37.6 Å². The van der Waals surface area contributed by atoms with Crippen LogP contribution in [0.4, 0.5) is 0 Å². The van der Waals surface area contributed by atoms with E-state index in [1.165, 1.54) is 0 Å². The summed E-state index contributed by atoms with van der Waals surface area (Å²) in [6.45, 7) is 7.92. The fraction of sp³-hybridized carbons (Fsp3) is 0.150. The maximum absolute atomic E-state index is 13.2. The lowest BCUT2D eigenvalue weighted by Gasteiger charge is -2.13. The van der Waals surface area contributed by atoms with Crippen molar-refractivity contribution in [2.45, 2.75) is 19.0 Å². The molecule has 6 heteroatoms. The summed E-state index contributed by atoms with van der Waals surface area (Å²) in [5, 5.41) is 10.1. The molecular formula is C20H18N4OS. The molecule has 0 saturated carbocycles. The maximum Gasteiger partial charge on any atom is 0.267 e. The van der Waals surface area contributed by atoms with Crippen molar-refractivity contribution in [1.29, 1.82) is 0 Å². The van der Waals surface area contributed by atoms with Gasteiger partial charge < -0.3 is 0 Å². The van der Waals surface area contributed by atoms with Gasteiger partial charge in [0, 0.05) is 5.75 Å². The van der Waals surface area contributed by atoms with Crippen molar-refractivity contribution < 1.29 is 0 Å². The first-order valence-corrected chi connectivity index (χ1v) is 9.28. The first-order valence-electron chi connectivity index (χ1n) is 8.30. The molecule has 0 bridgehead atoms. The average Bonchev–Trinajstić information content (AvgIpc) is 3.05. The normalized spacial score (nSPS) is 11.3. The van der Waals surface area contributed by atoms with Crippen LogP contribution >= 0.6 is 11.8 Å². The molecule has 0 aliphatic carbocycles. The molecule has 5 nitrogen and oxygen atoms in total. The van der Waals surface area contributed by atoms with Gasteiger partial charge in [-0.25, -0.2) is 4.57 Å². The van der Waals surface area contributed by atoms with Gasteiger partial charge in [-0.2, -0.15) is 0 Å². The van der Waals surface area contributed by atoms with Gasteiger partial charge in [0.05, 0.1) is 16.6 Å². The van der Waals surface area contributed by atoms with E-state index in [1.54, 1.807) is 16.3 Å². The highest BCUT2D eigenvalue weighted by atomic mass is 32.2. The number of para-hydroxylation sites is 2. The molecule has 0 fully saturated rings. The molecule has 2 aromatic carbocycles. The van der Waals surface area contributed by atoms with Gasteiger partial charge in [0.1, 0.15) is 0 Å². The van der Waals surface area contributed by atoms with Crippen molar-refractivity contribution in [3.05, 3.63) is 76.6 Å². The number of thioether (sulfide) groups is 1. The molecule has 0 unspecified atom stereocenters. The Hall–Kier alpha value is -2.86. The summed E-state index contributed by atoms with van der Waals surface area (Å²) < 4.78 is 3.60. The summed E-state index contributed by atoms with van der Waals surface area (Å²) in [5.74, 6) is 1.27. The zero-order chi connectivity index (χ0) is 18.3. The van der Waals surface area contributed by atoms with E-state index in [0.717, 1.165) is 33.2 Å². The smallest absolute Gasteiger partial charge is 0.267 e. The summed E-state index contributed by atoms with van der Waals surface area (Å²) >= 11 is 1.57. The fourth-order valence-electron chi connectivity index (χ4n) is 2.99. The Morgan fingerprint density at radius 2 is 1.85 bits per heavy atom. The van der Waals surface area contributed by atoms with Crippen molar-refractivity contribution in [3.8, 4) is 5.69 Å². The first-order chi connectivity index (χ1) is 12.6. The zero-order valence-electron chi connectivity index (χ0n) is 14.6. The number of benzene rings is 2. The Morgan fingerprint density at radius 3 is 2.62 bits per heavy atom. The van der Waals surface area contributed by atoms with Gasteiger partial charge in [-0.3, -0.25) is 9.20 Å². The minimum Gasteiger partial charge on any atom is -0.268 e. The van der Waals surface area contributed by atoms with Crippen LogP contribution in [-0.4, -0.2) is 24.9 Å². The third-order valence-electron chi connectivity index (χ3n) is 4.20. The van der Waals surface area contributed by atoms with E-state index in [-0.39, 0.29) is 5.56 Å². The van der Waals surface area contributed by atoms with E-state index >= 15 is 0 Å². The van der Waals surface area contributed by atoms with Crippen LogP contribution in [0.5, 0.6) is 0 Å². The van der Waals surface area contributed by atoms with E-state index in [9.17, 15) is 4.79 Å². The molecule has 0 aliphatic heterocycles. The van der Waals surface area contributed by atoms with Crippen LogP contribution in [0, 0.1) is 6.92 Å². The van der Waals surface area contributed by atoms with Gasteiger partial charge in [-0.1, -0.05) is 54.2 Å². The summed E-state index contributed by atoms with van der Waals surface area (Å²) in [5.41, 5.74) is 3.60. The van der Waals surface area contributed by atoms with E-state index in [2.05, 4.69) is 16.8 Å². The monoisotopic (exact) mass is 362 g/mol. The number of aromatic nitrogens is 4. The predicted molar refractivity (Wildman–Crippen MR) is 106 cm³/mol. The van der Waals surface area contributed by atoms with Crippen molar-refractivity contribution in [2.75, 3.05) is 5.75 Å². The van der Waals surface area contributed by atoms with Gasteiger partial charge in [0.2, 0.25) is 5.78 Å². The van der Waals surface area contributed by atoms with Gasteiger partial charge >= 0.3 is 0 Å². The minimum atomic E-state index is -0.0914. The molecule has 2 aromatic heterocycles. The highest BCUT2D eigenvalue weighted by Gasteiger charge is 2.18. The molecule has 0 aliphatic rings. The van der Waals surface area contributed by atoms with Crippen LogP contribution in [0.15, 0.2) is 70.6 Å². The number of rotatable bonds is 4. The third kappa shape index (κ3) is 2.63. The highest BCUT2D eigenvalue weighted by Crippen LogP contribution is 2.24. The molecule has 0 spiro atoms. The summed E-state index contributed by atoms with van der Waals surface area (Å²) in [7, 11) is 0. The molecule has 0 amide bonds. The number of hydrogen-bond acceptors (Lipinski definition) is 4. The lowest BCUT2D eigenvalue weighted by molar-refractivity contribution is 0.929. The first kappa shape index (κ1) is 16.6. The lowest BCUT2D eigenvalue weighted by atomic mass is 10.2. The number of aryl methyl sites for hydroxylation is 1. The number of fused-ring (bicyclic) bond motifs is 3. The summed E-state index contributed by atoms with van der Waals surface area (Å²) in [6, 6.07) is 15.4. The Kier molecular flexibility index (Phi) is 4.12. The van der Waals surface area contributed by atoms with Crippen LogP contribution in [-0.2, 0) is 0 Å². The molecule has 0 atom stereocenters. The third-order valence-corrected chi connectivity index (χ3v) is 5.36. The molecule has 4 aromatic rings. The molecule has 0 N–H and O–H groups in total. The summed E-state index contributed by atoms with van der Waals surface area (Å²) in [6.07, 6.45) is 0. The predicted octanol–water partition coefficient (Wildman–Crippen LogP) is 4.01. The fourth-order valence-corrected chi connectivity index (χ4v) is 3.77. The molecule has 0 saturated heterocycles. The molecule has 130 valence electrons. The Balaban J connectivity index is 2.12. The highest BCUT2D eigenvalue weighted by molar-refractivity contribution is 7.99. The van der Waals surface area contributed by atoms with E-state index in [1.807, 2.05) is 66.8 Å². The molecular weight excluding hydrogens is 344 g/mol. The largest absolute Gasteiger partial charge is 0.268 e. The second kappa shape index (κ2) is 6.46. The standard InChI is InChI=1S/C20H18N4OS/c1-13(2)12-26-20-22-21-19-23(16-10-6-4-8-14(16)3)18(25)15-9-5-7-11-17(15)24(19)20/h4-11H,1,12H2,2-3H3. The lowest BCUT2D eigenvalue weighted by Crippen LogP contribution is -2.22. The van der Waals surface area contributed by atoms with Crippen LogP contribution in [0.3, 0.4) is 0 Å². The van der Waals surface area contributed by atoms with Crippen LogP contribution in [0.1, 0.15) is 12.5 Å². The van der Waals surface area contributed by atoms with Crippen molar-refractivity contribution >= 4 is 28.4 Å². The zero-order valence-corrected chi connectivity index (χ0v) is 15.5. The van der Waals surface area contributed by atoms with Crippen LogP contribution < -0.4 is 5.56 Å². The quantitative estimate of drug-likeness (QED) is 0.407. The second-order valence-corrected chi connectivity index (χ2v) is 7.25. The van der Waals surface area contributed by atoms with E-state index in [0.29, 0.717) is 11.2 Å². The van der Waals surface area contributed by atoms with Gasteiger partial charge in [-0.15, -0.1) is 10.2 Å². The Morgan fingerprint density at radius 1 is 1.12 bits per heavy atom.